The van der Waals surface area contributed by atoms with E-state index in [1.54, 1.807) is 36.4 Å². The largest absolute Gasteiger partial charge is 0.507 e. The molecule has 1 unspecified atom stereocenters. The number of carbonyl (C=O) groups excluding carboxylic acids is 2. The van der Waals surface area contributed by atoms with E-state index in [1.165, 1.54) is 17.0 Å². The third kappa shape index (κ3) is 3.94. The van der Waals surface area contributed by atoms with Gasteiger partial charge in [0.15, 0.2) is 0 Å². The van der Waals surface area contributed by atoms with Crippen LogP contribution in [-0.4, -0.2) is 16.8 Å². The number of nitrogens with zero attached hydrogens (tertiary/aromatic N) is 1. The summed E-state index contributed by atoms with van der Waals surface area (Å²) in [6.07, 6.45) is 0. The fourth-order valence-corrected chi connectivity index (χ4v) is 4.16. The molecule has 1 aliphatic heterocycles. The predicted octanol–water partition coefficient (Wildman–Crippen LogP) is 6.58. The molecule has 4 rings (SSSR count). The number of hydrogen-bond donors (Lipinski definition) is 1. The van der Waals surface area contributed by atoms with Crippen molar-refractivity contribution >= 4 is 57.9 Å². The zero-order chi connectivity index (χ0) is 22.3. The first-order valence-corrected chi connectivity index (χ1v) is 10.5. The second kappa shape index (κ2) is 8.39. The number of aliphatic hydroxyl groups excluding tert-OH is 1. The molecular formula is C24H16Cl3NO3. The Morgan fingerprint density at radius 2 is 1.65 bits per heavy atom. The molecule has 0 aromatic heterocycles. The first-order valence-electron chi connectivity index (χ1n) is 9.36. The van der Waals surface area contributed by atoms with Crippen LogP contribution in [0.25, 0.3) is 5.76 Å². The summed E-state index contributed by atoms with van der Waals surface area (Å²) in [5.41, 5.74) is 2.34. The van der Waals surface area contributed by atoms with Crippen LogP contribution in [0.3, 0.4) is 0 Å². The van der Waals surface area contributed by atoms with Crippen molar-refractivity contribution in [1.29, 1.82) is 0 Å². The molecule has 1 heterocycles. The van der Waals surface area contributed by atoms with Gasteiger partial charge in [-0.3, -0.25) is 14.5 Å². The van der Waals surface area contributed by atoms with E-state index in [0.29, 0.717) is 26.9 Å². The number of benzene rings is 3. The molecule has 3 aromatic rings. The summed E-state index contributed by atoms with van der Waals surface area (Å²) in [4.78, 5) is 27.5. The van der Waals surface area contributed by atoms with Crippen LogP contribution in [-0.2, 0) is 9.59 Å². The van der Waals surface area contributed by atoms with Crippen LogP contribution in [0.5, 0.6) is 0 Å². The maximum atomic E-state index is 13.1. The molecule has 0 radical (unpaired) electrons. The maximum absolute atomic E-state index is 13.1. The zero-order valence-electron chi connectivity index (χ0n) is 16.3. The molecule has 31 heavy (non-hydrogen) atoms. The monoisotopic (exact) mass is 471 g/mol. The first kappa shape index (κ1) is 21.4. The third-order valence-electron chi connectivity index (χ3n) is 5.08. The molecule has 1 saturated heterocycles. The molecule has 0 aliphatic carbocycles. The smallest absolute Gasteiger partial charge is 0.300 e. The maximum Gasteiger partial charge on any atom is 0.300 e. The van der Waals surface area contributed by atoms with Gasteiger partial charge in [-0.25, -0.2) is 0 Å². The van der Waals surface area contributed by atoms with Crippen LogP contribution in [0, 0.1) is 6.92 Å². The highest BCUT2D eigenvalue weighted by atomic mass is 35.5. The lowest BCUT2D eigenvalue weighted by molar-refractivity contribution is -0.132. The van der Waals surface area contributed by atoms with Crippen LogP contribution in [0.2, 0.25) is 15.1 Å². The number of aryl methyl sites for hydroxylation is 1. The average Bonchev–Trinajstić information content (AvgIpc) is 3.00. The van der Waals surface area contributed by atoms with E-state index < -0.39 is 17.7 Å². The van der Waals surface area contributed by atoms with Crippen LogP contribution in [0.4, 0.5) is 5.69 Å². The molecule has 1 amide bonds. The first-order chi connectivity index (χ1) is 14.8. The molecular weight excluding hydrogens is 457 g/mol. The molecule has 1 fully saturated rings. The van der Waals surface area contributed by atoms with Crippen molar-refractivity contribution in [3.63, 3.8) is 0 Å². The average molecular weight is 473 g/mol. The third-order valence-corrected chi connectivity index (χ3v) is 6.06. The van der Waals surface area contributed by atoms with Crippen molar-refractivity contribution in [1.82, 2.24) is 0 Å². The van der Waals surface area contributed by atoms with Gasteiger partial charge in [0, 0.05) is 16.3 Å². The van der Waals surface area contributed by atoms with Gasteiger partial charge < -0.3 is 5.11 Å². The Hall–Kier alpha value is -2.79. The lowest BCUT2D eigenvalue weighted by atomic mass is 9.94. The zero-order valence-corrected chi connectivity index (χ0v) is 18.5. The number of carbonyl (C=O) groups is 2. The minimum Gasteiger partial charge on any atom is -0.507 e. The minimum atomic E-state index is -0.851. The highest BCUT2D eigenvalue weighted by Crippen LogP contribution is 2.43. The summed E-state index contributed by atoms with van der Waals surface area (Å²) >= 11 is 18.3. The number of hydrogen-bond acceptors (Lipinski definition) is 3. The van der Waals surface area contributed by atoms with E-state index in [0.717, 1.165) is 5.56 Å². The van der Waals surface area contributed by atoms with E-state index in [2.05, 4.69) is 0 Å². The Morgan fingerprint density at radius 3 is 2.32 bits per heavy atom. The quantitative estimate of drug-likeness (QED) is 0.266. The molecule has 1 aliphatic rings. The Kier molecular flexibility index (Phi) is 5.80. The molecule has 0 spiro atoms. The van der Waals surface area contributed by atoms with E-state index in [4.69, 9.17) is 34.8 Å². The fraction of sp³-hybridized carbons (Fsp3) is 0.0833. The Labute approximate surface area is 194 Å². The number of Topliss-reactive ketones (excluding diaryl/α,β-unsaturated/α-hetero) is 1. The van der Waals surface area contributed by atoms with Crippen LogP contribution < -0.4 is 4.90 Å². The van der Waals surface area contributed by atoms with Crippen LogP contribution >= 0.6 is 34.8 Å². The number of aliphatic hydroxyl groups is 1. The van der Waals surface area contributed by atoms with Gasteiger partial charge in [-0.2, -0.15) is 0 Å². The van der Waals surface area contributed by atoms with Crippen molar-refractivity contribution in [3.8, 4) is 0 Å². The second-order valence-electron chi connectivity index (χ2n) is 7.19. The van der Waals surface area contributed by atoms with Crippen molar-refractivity contribution in [2.24, 2.45) is 0 Å². The van der Waals surface area contributed by atoms with Gasteiger partial charge in [0.05, 0.1) is 21.7 Å². The molecule has 0 saturated carbocycles. The number of ketones is 1. The summed E-state index contributed by atoms with van der Waals surface area (Å²) in [7, 11) is 0. The summed E-state index contributed by atoms with van der Waals surface area (Å²) < 4.78 is 0. The van der Waals surface area contributed by atoms with Gasteiger partial charge >= 0.3 is 0 Å². The molecule has 0 bridgehead atoms. The number of halogens is 3. The van der Waals surface area contributed by atoms with Gasteiger partial charge in [-0.1, -0.05) is 76.8 Å². The summed E-state index contributed by atoms with van der Waals surface area (Å²) in [5.74, 6) is -1.86. The number of amides is 1. The minimum absolute atomic E-state index is 0.0241. The number of anilines is 1. The molecule has 156 valence electrons. The summed E-state index contributed by atoms with van der Waals surface area (Å²) in [5, 5.41) is 12.0. The SMILES string of the molecule is Cc1cccc(C2/C(=C(\O)c3cccc(Cl)c3)C(=O)C(=O)N2c2ccc(Cl)c(Cl)c2)c1. The topological polar surface area (TPSA) is 57.6 Å². The standard InChI is InChI=1S/C24H16Cl3NO3/c1-13-4-2-5-14(10-13)21-20(22(29)15-6-3-7-16(25)11-15)23(30)24(31)28(21)17-8-9-18(26)19(27)12-17/h2-12,21,29H,1H3/b22-20+. The molecule has 7 heteroatoms. The normalized spacial score (nSPS) is 17.9. The van der Waals surface area contributed by atoms with E-state index in [1.807, 2.05) is 25.1 Å². The van der Waals surface area contributed by atoms with Gasteiger partial charge in [0.25, 0.3) is 11.7 Å². The van der Waals surface area contributed by atoms with Gasteiger partial charge in [0.2, 0.25) is 0 Å². The highest BCUT2D eigenvalue weighted by Gasteiger charge is 2.47. The lowest BCUT2D eigenvalue weighted by Gasteiger charge is -2.26. The number of rotatable bonds is 3. The van der Waals surface area contributed by atoms with Crippen LogP contribution in [0.15, 0.2) is 72.3 Å². The van der Waals surface area contributed by atoms with E-state index >= 15 is 0 Å². The van der Waals surface area contributed by atoms with Gasteiger partial charge in [-0.15, -0.1) is 0 Å². The van der Waals surface area contributed by atoms with E-state index in [9.17, 15) is 14.7 Å². The second-order valence-corrected chi connectivity index (χ2v) is 8.44. The highest BCUT2D eigenvalue weighted by molar-refractivity contribution is 6.52. The molecule has 1 N–H and O–H groups in total. The summed E-state index contributed by atoms with van der Waals surface area (Å²) in [6, 6.07) is 17.7. The van der Waals surface area contributed by atoms with Gasteiger partial charge in [-0.05, 0) is 42.8 Å². The van der Waals surface area contributed by atoms with Crippen molar-refractivity contribution < 1.29 is 14.7 Å². The summed E-state index contributed by atoms with van der Waals surface area (Å²) in [6.45, 7) is 1.91. The predicted molar refractivity (Wildman–Crippen MR) is 124 cm³/mol. The lowest BCUT2D eigenvalue weighted by Crippen LogP contribution is -2.29. The Morgan fingerprint density at radius 1 is 0.903 bits per heavy atom. The van der Waals surface area contributed by atoms with Crippen molar-refractivity contribution in [2.75, 3.05) is 4.90 Å². The Bertz CT molecular complexity index is 1250. The van der Waals surface area contributed by atoms with E-state index in [-0.39, 0.29) is 16.4 Å². The van der Waals surface area contributed by atoms with Crippen LogP contribution in [0.1, 0.15) is 22.7 Å². The van der Waals surface area contributed by atoms with Crippen molar-refractivity contribution in [2.45, 2.75) is 13.0 Å². The molecule has 4 nitrogen and oxygen atoms in total. The van der Waals surface area contributed by atoms with Gasteiger partial charge in [0.1, 0.15) is 5.76 Å². The molecule has 3 aromatic carbocycles. The fourth-order valence-electron chi connectivity index (χ4n) is 3.68. The van der Waals surface area contributed by atoms with Crippen molar-refractivity contribution in [3.05, 3.63) is 104 Å². The molecule has 1 atom stereocenters. The Balaban J connectivity index is 1.97.